The van der Waals surface area contributed by atoms with E-state index in [9.17, 15) is 4.39 Å². The van der Waals surface area contributed by atoms with Gasteiger partial charge in [0.25, 0.3) is 0 Å². The second-order valence-corrected chi connectivity index (χ2v) is 3.65. The van der Waals surface area contributed by atoms with Crippen LogP contribution < -0.4 is 0 Å². The van der Waals surface area contributed by atoms with Gasteiger partial charge in [-0.3, -0.25) is 0 Å². The predicted octanol–water partition coefficient (Wildman–Crippen LogP) is 3.70. The van der Waals surface area contributed by atoms with E-state index in [1.807, 2.05) is 13.8 Å². The van der Waals surface area contributed by atoms with Gasteiger partial charge in [0, 0.05) is 5.56 Å². The van der Waals surface area contributed by atoms with Crippen LogP contribution in [0.5, 0.6) is 0 Å². The predicted molar refractivity (Wildman–Crippen MR) is 67.1 cm³/mol. The number of hydrogen-bond donors (Lipinski definition) is 0. The first-order valence-corrected chi connectivity index (χ1v) is 5.80. The Kier molecular flexibility index (Phi) is 4.63. The first-order valence-electron chi connectivity index (χ1n) is 5.43. The number of hydrogen-bond acceptors (Lipinski definition) is 2. The van der Waals surface area contributed by atoms with Crippen LogP contribution in [0.25, 0.3) is 5.69 Å². The maximum atomic E-state index is 13.5. The smallest absolute Gasteiger partial charge is 0.147 e. The zero-order valence-corrected chi connectivity index (χ0v) is 11.1. The van der Waals surface area contributed by atoms with E-state index >= 15 is 0 Å². The van der Waals surface area contributed by atoms with E-state index in [-0.39, 0.29) is 5.02 Å². The molecule has 0 radical (unpaired) electrons. The van der Waals surface area contributed by atoms with Gasteiger partial charge in [0.2, 0.25) is 0 Å². The molecule has 0 saturated carbocycles. The molecule has 2 rings (SSSR count). The van der Waals surface area contributed by atoms with Crippen LogP contribution >= 0.6 is 11.6 Å². The van der Waals surface area contributed by atoms with E-state index < -0.39 is 5.82 Å². The molecule has 0 unspecified atom stereocenters. The molecule has 17 heavy (non-hydrogen) atoms. The highest BCUT2D eigenvalue weighted by Gasteiger charge is 2.10. The minimum atomic E-state index is -0.415. The van der Waals surface area contributed by atoms with Crippen LogP contribution in [-0.2, 0) is 0 Å². The summed E-state index contributed by atoms with van der Waals surface area (Å²) in [5.41, 5.74) is 1.12. The summed E-state index contributed by atoms with van der Waals surface area (Å²) in [4.78, 5) is 3.98. The molecule has 0 aliphatic rings. The Balaban J connectivity index is 0.000000686. The number of nitrogens with zero attached hydrogens (tertiary/aromatic N) is 3. The SMILES string of the molecule is CC.Cc1ncn(-c2ccc(Cl)c(F)c2C)n1. The van der Waals surface area contributed by atoms with Crippen LogP contribution in [0, 0.1) is 19.7 Å². The minimum Gasteiger partial charge on any atom is -0.220 e. The highest BCUT2D eigenvalue weighted by atomic mass is 35.5. The van der Waals surface area contributed by atoms with Crippen LogP contribution in [0.1, 0.15) is 25.2 Å². The van der Waals surface area contributed by atoms with Gasteiger partial charge in [0.15, 0.2) is 0 Å². The Morgan fingerprint density at radius 2 is 1.88 bits per heavy atom. The van der Waals surface area contributed by atoms with Gasteiger partial charge in [-0.2, -0.15) is 5.10 Å². The summed E-state index contributed by atoms with van der Waals surface area (Å²) < 4.78 is 15.0. The maximum absolute atomic E-state index is 13.5. The molecule has 1 aromatic heterocycles. The first-order chi connectivity index (χ1) is 8.09. The molecule has 0 N–H and O–H groups in total. The molecule has 0 saturated heterocycles. The fourth-order valence-electron chi connectivity index (χ4n) is 1.35. The third-order valence-electron chi connectivity index (χ3n) is 2.16. The quantitative estimate of drug-likeness (QED) is 0.778. The first kappa shape index (κ1) is 13.6. The van der Waals surface area contributed by atoms with Crippen molar-refractivity contribution in [3.63, 3.8) is 0 Å². The summed E-state index contributed by atoms with van der Waals surface area (Å²) in [5.74, 6) is 0.229. The Labute approximate surface area is 105 Å². The largest absolute Gasteiger partial charge is 0.220 e. The lowest BCUT2D eigenvalue weighted by Gasteiger charge is -2.06. The lowest BCUT2D eigenvalue weighted by atomic mass is 10.2. The van der Waals surface area contributed by atoms with Gasteiger partial charge in [-0.1, -0.05) is 25.4 Å². The van der Waals surface area contributed by atoms with Crippen LogP contribution in [0.2, 0.25) is 5.02 Å². The van der Waals surface area contributed by atoms with E-state index in [1.165, 1.54) is 10.7 Å². The Hall–Kier alpha value is -1.42. The molecule has 92 valence electrons. The maximum Gasteiger partial charge on any atom is 0.147 e. The van der Waals surface area contributed by atoms with Crippen molar-refractivity contribution in [3.8, 4) is 5.69 Å². The molecule has 0 aliphatic carbocycles. The molecule has 0 atom stereocenters. The van der Waals surface area contributed by atoms with Gasteiger partial charge in [-0.25, -0.2) is 14.1 Å². The Morgan fingerprint density at radius 3 is 2.41 bits per heavy atom. The second kappa shape index (κ2) is 5.77. The van der Waals surface area contributed by atoms with Crippen molar-refractivity contribution in [2.45, 2.75) is 27.7 Å². The number of rotatable bonds is 1. The third kappa shape index (κ3) is 2.82. The lowest BCUT2D eigenvalue weighted by Crippen LogP contribution is -2.00. The van der Waals surface area contributed by atoms with Crippen LogP contribution in [-0.4, -0.2) is 14.8 Å². The van der Waals surface area contributed by atoms with Crippen molar-refractivity contribution in [1.29, 1.82) is 0 Å². The molecule has 1 aromatic carbocycles. The van der Waals surface area contributed by atoms with Crippen molar-refractivity contribution in [3.05, 3.63) is 40.7 Å². The molecular weight excluding hydrogens is 241 g/mol. The standard InChI is InChI=1S/C10H9ClFN3.C2H6/c1-6-9(4-3-8(11)10(6)12)15-5-13-7(2)14-15;1-2/h3-5H,1-2H3;1-2H3. The molecule has 5 heteroatoms. The number of benzene rings is 1. The lowest BCUT2D eigenvalue weighted by molar-refractivity contribution is 0.615. The molecule has 0 fully saturated rings. The summed E-state index contributed by atoms with van der Waals surface area (Å²) in [6.07, 6.45) is 1.55. The number of aryl methyl sites for hydroxylation is 1. The van der Waals surface area contributed by atoms with Crippen LogP contribution in [0.3, 0.4) is 0 Å². The van der Waals surface area contributed by atoms with Crippen LogP contribution in [0.15, 0.2) is 18.5 Å². The van der Waals surface area contributed by atoms with Crippen molar-refractivity contribution in [1.82, 2.24) is 14.8 Å². The van der Waals surface area contributed by atoms with Crippen LogP contribution in [0.4, 0.5) is 4.39 Å². The van der Waals surface area contributed by atoms with E-state index in [4.69, 9.17) is 11.6 Å². The van der Waals surface area contributed by atoms with E-state index in [0.29, 0.717) is 17.1 Å². The zero-order valence-electron chi connectivity index (χ0n) is 10.3. The minimum absolute atomic E-state index is 0.119. The average molecular weight is 256 g/mol. The Morgan fingerprint density at radius 1 is 1.24 bits per heavy atom. The fourth-order valence-corrected chi connectivity index (χ4v) is 1.56. The van der Waals surface area contributed by atoms with E-state index in [1.54, 1.807) is 26.2 Å². The molecule has 3 nitrogen and oxygen atoms in total. The topological polar surface area (TPSA) is 30.7 Å². The van der Waals surface area contributed by atoms with Crippen molar-refractivity contribution in [2.75, 3.05) is 0 Å². The van der Waals surface area contributed by atoms with Crippen molar-refractivity contribution >= 4 is 11.6 Å². The molecule has 2 aromatic rings. The summed E-state index contributed by atoms with van der Waals surface area (Å²) in [6.45, 7) is 7.44. The third-order valence-corrected chi connectivity index (χ3v) is 2.46. The number of halogens is 2. The summed E-state index contributed by atoms with van der Waals surface area (Å²) in [6, 6.07) is 3.23. The van der Waals surface area contributed by atoms with Gasteiger partial charge in [-0.15, -0.1) is 0 Å². The second-order valence-electron chi connectivity index (χ2n) is 3.24. The van der Waals surface area contributed by atoms with Gasteiger partial charge >= 0.3 is 0 Å². The molecule has 1 heterocycles. The molecular formula is C12H15ClFN3. The Bertz CT molecular complexity index is 508. The highest BCUT2D eigenvalue weighted by molar-refractivity contribution is 6.30. The summed E-state index contributed by atoms with van der Waals surface area (Å²) in [5, 5.41) is 4.23. The zero-order chi connectivity index (χ0) is 13.0. The molecule has 0 aliphatic heterocycles. The monoisotopic (exact) mass is 255 g/mol. The van der Waals surface area contributed by atoms with Gasteiger partial charge in [-0.05, 0) is 26.0 Å². The summed E-state index contributed by atoms with van der Waals surface area (Å²) >= 11 is 5.66. The van der Waals surface area contributed by atoms with Crippen molar-refractivity contribution < 1.29 is 4.39 Å². The highest BCUT2D eigenvalue weighted by Crippen LogP contribution is 2.23. The molecule has 0 amide bonds. The normalized spacial score (nSPS) is 9.76. The van der Waals surface area contributed by atoms with Gasteiger partial charge in [0.1, 0.15) is 18.0 Å². The fraction of sp³-hybridized carbons (Fsp3) is 0.333. The molecule has 0 bridgehead atoms. The van der Waals surface area contributed by atoms with Gasteiger partial charge < -0.3 is 0 Å². The van der Waals surface area contributed by atoms with E-state index in [0.717, 1.165) is 0 Å². The average Bonchev–Trinajstić information content (AvgIpc) is 2.75. The number of aromatic nitrogens is 3. The summed E-state index contributed by atoms with van der Waals surface area (Å²) in [7, 11) is 0. The van der Waals surface area contributed by atoms with Crippen molar-refractivity contribution in [2.24, 2.45) is 0 Å². The molecule has 0 spiro atoms. The van der Waals surface area contributed by atoms with Gasteiger partial charge in [0.05, 0.1) is 10.7 Å². The van der Waals surface area contributed by atoms with E-state index in [2.05, 4.69) is 10.1 Å².